The Morgan fingerprint density at radius 1 is 1.12 bits per heavy atom. The monoisotopic (exact) mass is 326 g/mol. The number of anilines is 1. The highest BCUT2D eigenvalue weighted by molar-refractivity contribution is 5.77. The van der Waals surface area contributed by atoms with Crippen LogP contribution >= 0.6 is 0 Å². The van der Waals surface area contributed by atoms with Gasteiger partial charge in [-0.1, -0.05) is 0 Å². The number of amides is 1. The van der Waals surface area contributed by atoms with Gasteiger partial charge in [-0.3, -0.25) is 4.79 Å². The van der Waals surface area contributed by atoms with Gasteiger partial charge in [-0.25, -0.2) is 14.5 Å². The van der Waals surface area contributed by atoms with Gasteiger partial charge in [0.15, 0.2) is 5.65 Å². The molecule has 1 saturated heterocycles. The fourth-order valence-corrected chi connectivity index (χ4v) is 2.87. The van der Waals surface area contributed by atoms with Crippen LogP contribution < -0.4 is 4.90 Å². The smallest absolute Gasteiger partial charge is 0.220 e. The lowest BCUT2D eigenvalue weighted by Crippen LogP contribution is -2.46. The summed E-state index contributed by atoms with van der Waals surface area (Å²) in [4.78, 5) is 23.0. The molecule has 8 heteroatoms. The summed E-state index contributed by atoms with van der Waals surface area (Å²) in [6.07, 6.45) is 5.68. The fraction of sp³-hybridized carbons (Fsp3) is 0.250. The molecule has 4 heterocycles. The van der Waals surface area contributed by atoms with Crippen LogP contribution in [0.25, 0.3) is 16.8 Å². The van der Waals surface area contributed by atoms with Crippen molar-refractivity contribution in [3.8, 4) is 11.1 Å². The Labute approximate surface area is 137 Å². The molecule has 0 unspecified atom stereocenters. The van der Waals surface area contributed by atoms with Gasteiger partial charge < -0.3 is 9.80 Å². The summed E-state index contributed by atoms with van der Waals surface area (Å²) in [5, 5.41) is 4.23. The summed E-state index contributed by atoms with van der Waals surface area (Å²) in [5.41, 5.74) is 1.56. The molecule has 0 N–H and O–H groups in total. The molecule has 4 rings (SSSR count). The number of piperazine rings is 1. The largest absolute Gasteiger partial charge is 0.353 e. The Bertz CT molecular complexity index is 887. The molecule has 122 valence electrons. The van der Waals surface area contributed by atoms with Crippen LogP contribution in [0, 0.1) is 5.95 Å². The highest BCUT2D eigenvalue weighted by Gasteiger charge is 2.19. The number of fused-ring (bicyclic) bond motifs is 1. The van der Waals surface area contributed by atoms with Crippen LogP contribution in [-0.2, 0) is 4.79 Å². The third-order valence-corrected chi connectivity index (χ3v) is 4.19. The van der Waals surface area contributed by atoms with E-state index >= 15 is 0 Å². The number of aromatic nitrogens is 4. The predicted molar refractivity (Wildman–Crippen MR) is 86.0 cm³/mol. The van der Waals surface area contributed by atoms with Gasteiger partial charge in [0.25, 0.3) is 0 Å². The highest BCUT2D eigenvalue weighted by Crippen LogP contribution is 2.26. The van der Waals surface area contributed by atoms with Crippen LogP contribution in [0.15, 0.2) is 36.8 Å². The van der Waals surface area contributed by atoms with E-state index in [2.05, 4.69) is 20.0 Å². The molecule has 0 spiro atoms. The van der Waals surface area contributed by atoms with E-state index < -0.39 is 5.95 Å². The maximum absolute atomic E-state index is 14.0. The van der Waals surface area contributed by atoms with E-state index in [0.29, 0.717) is 43.0 Å². The lowest BCUT2D eigenvalue weighted by molar-refractivity contribution is -0.118. The fourth-order valence-electron chi connectivity index (χ4n) is 2.87. The van der Waals surface area contributed by atoms with E-state index in [0.717, 1.165) is 12.2 Å². The van der Waals surface area contributed by atoms with Crippen LogP contribution in [0.1, 0.15) is 0 Å². The zero-order valence-electron chi connectivity index (χ0n) is 12.8. The molecule has 1 amide bonds. The van der Waals surface area contributed by atoms with Crippen LogP contribution in [0.4, 0.5) is 10.2 Å². The molecule has 3 aromatic heterocycles. The van der Waals surface area contributed by atoms with Crippen LogP contribution in [0.3, 0.4) is 0 Å². The van der Waals surface area contributed by atoms with E-state index in [1.807, 2.05) is 12.3 Å². The summed E-state index contributed by atoms with van der Waals surface area (Å²) >= 11 is 0. The molecule has 24 heavy (non-hydrogen) atoms. The number of nitrogens with zero attached hydrogens (tertiary/aromatic N) is 6. The molecule has 1 aliphatic rings. The molecule has 3 aromatic rings. The summed E-state index contributed by atoms with van der Waals surface area (Å²) in [6.45, 7) is 2.76. The Morgan fingerprint density at radius 2 is 1.96 bits per heavy atom. The van der Waals surface area contributed by atoms with Crippen molar-refractivity contribution < 1.29 is 9.18 Å². The third-order valence-electron chi connectivity index (χ3n) is 4.19. The maximum Gasteiger partial charge on any atom is 0.220 e. The van der Waals surface area contributed by atoms with E-state index in [-0.39, 0.29) is 0 Å². The Hall–Kier alpha value is -3.03. The van der Waals surface area contributed by atoms with Gasteiger partial charge in [-0.05, 0) is 18.2 Å². The summed E-state index contributed by atoms with van der Waals surface area (Å²) in [6, 6.07) is 5.22. The first-order valence-electron chi connectivity index (χ1n) is 7.66. The molecular weight excluding hydrogens is 311 g/mol. The van der Waals surface area contributed by atoms with E-state index in [1.54, 1.807) is 27.7 Å². The zero-order valence-corrected chi connectivity index (χ0v) is 12.8. The van der Waals surface area contributed by atoms with Gasteiger partial charge in [0.1, 0.15) is 5.82 Å². The minimum atomic E-state index is -0.542. The van der Waals surface area contributed by atoms with Gasteiger partial charge in [0, 0.05) is 44.1 Å². The zero-order chi connectivity index (χ0) is 16.5. The van der Waals surface area contributed by atoms with Gasteiger partial charge >= 0.3 is 0 Å². The molecule has 0 radical (unpaired) electrons. The van der Waals surface area contributed by atoms with Gasteiger partial charge in [-0.2, -0.15) is 9.49 Å². The predicted octanol–water partition coefficient (Wildman–Crippen LogP) is 1.21. The first-order valence-corrected chi connectivity index (χ1v) is 7.66. The lowest BCUT2D eigenvalue weighted by atomic mass is 10.1. The molecular formula is C16H15FN6O. The molecule has 7 nitrogen and oxygen atoms in total. The Morgan fingerprint density at radius 3 is 2.71 bits per heavy atom. The molecule has 1 fully saturated rings. The molecule has 0 aromatic carbocycles. The second-order valence-corrected chi connectivity index (χ2v) is 5.58. The number of hydrogen-bond acceptors (Lipinski definition) is 5. The van der Waals surface area contributed by atoms with Crippen molar-refractivity contribution in [2.75, 3.05) is 31.1 Å². The van der Waals surface area contributed by atoms with Gasteiger partial charge in [0.2, 0.25) is 12.4 Å². The number of rotatable bonds is 3. The lowest BCUT2D eigenvalue weighted by Gasteiger charge is -2.33. The first-order chi connectivity index (χ1) is 11.8. The van der Waals surface area contributed by atoms with E-state index in [4.69, 9.17) is 0 Å². The second-order valence-electron chi connectivity index (χ2n) is 5.58. The number of hydrogen-bond donors (Lipinski definition) is 0. The SMILES string of the molecule is O=CN1CCN(c2ccn3ncc(-c4cccnc4F)c3n2)CC1. The van der Waals surface area contributed by atoms with Crippen LogP contribution in [0.2, 0.25) is 0 Å². The Balaban J connectivity index is 1.72. The number of pyridine rings is 1. The van der Waals surface area contributed by atoms with Crippen molar-refractivity contribution in [3.05, 3.63) is 42.7 Å². The molecule has 1 aliphatic heterocycles. The van der Waals surface area contributed by atoms with Crippen molar-refractivity contribution in [2.24, 2.45) is 0 Å². The topological polar surface area (TPSA) is 66.6 Å². The van der Waals surface area contributed by atoms with Crippen molar-refractivity contribution in [2.45, 2.75) is 0 Å². The van der Waals surface area contributed by atoms with Gasteiger partial charge in [0.05, 0.1) is 11.8 Å². The Kier molecular flexibility index (Phi) is 3.56. The van der Waals surface area contributed by atoms with Crippen molar-refractivity contribution in [3.63, 3.8) is 0 Å². The van der Waals surface area contributed by atoms with Crippen LogP contribution in [-0.4, -0.2) is 57.1 Å². The highest BCUT2D eigenvalue weighted by atomic mass is 19.1. The average molecular weight is 326 g/mol. The summed E-state index contributed by atoms with van der Waals surface area (Å²) < 4.78 is 15.6. The van der Waals surface area contributed by atoms with Crippen molar-refractivity contribution in [1.29, 1.82) is 0 Å². The van der Waals surface area contributed by atoms with E-state index in [1.165, 1.54) is 6.20 Å². The average Bonchev–Trinajstić information content (AvgIpc) is 3.05. The maximum atomic E-state index is 14.0. The number of carbonyl (C=O) groups excluding carboxylic acids is 1. The molecule has 0 bridgehead atoms. The third kappa shape index (κ3) is 2.45. The number of halogens is 1. The minimum Gasteiger partial charge on any atom is -0.353 e. The first kappa shape index (κ1) is 14.6. The van der Waals surface area contributed by atoms with Gasteiger partial charge in [-0.15, -0.1) is 0 Å². The van der Waals surface area contributed by atoms with Crippen LogP contribution in [0.5, 0.6) is 0 Å². The standard InChI is InChI=1S/C16H15FN6O/c17-15-12(2-1-4-18-15)13-10-19-23-5-3-14(20-16(13)23)22-8-6-21(11-24)7-9-22/h1-5,10-11H,6-9H2. The van der Waals surface area contributed by atoms with Crippen molar-refractivity contribution in [1.82, 2.24) is 24.5 Å². The minimum absolute atomic E-state index is 0.378. The van der Waals surface area contributed by atoms with Crippen molar-refractivity contribution >= 4 is 17.9 Å². The normalized spacial score (nSPS) is 15.0. The quantitative estimate of drug-likeness (QED) is 0.535. The van der Waals surface area contributed by atoms with E-state index in [9.17, 15) is 9.18 Å². The molecule has 0 saturated carbocycles. The number of carbonyl (C=O) groups is 1. The molecule has 0 aliphatic carbocycles. The molecule has 0 atom stereocenters. The second kappa shape index (κ2) is 5.88. The summed E-state index contributed by atoms with van der Waals surface area (Å²) in [7, 11) is 0. The summed E-state index contributed by atoms with van der Waals surface area (Å²) in [5.74, 6) is 0.248.